The molecule has 0 spiro atoms. The van der Waals surface area contributed by atoms with E-state index in [1.807, 2.05) is 62.4 Å². The normalized spacial score (nSPS) is 11.5. The first-order valence-electron chi connectivity index (χ1n) is 8.74. The van der Waals surface area contributed by atoms with Gasteiger partial charge >= 0.3 is 0 Å². The number of benzene rings is 2. The van der Waals surface area contributed by atoms with Crippen molar-refractivity contribution in [3.05, 3.63) is 65.2 Å². The van der Waals surface area contributed by atoms with E-state index in [-0.39, 0.29) is 19.0 Å². The number of amides is 1. The molecule has 0 radical (unpaired) electrons. The fraction of sp³-hybridized carbons (Fsp3) is 0.350. The van der Waals surface area contributed by atoms with Crippen molar-refractivity contribution in [1.29, 1.82) is 0 Å². The van der Waals surface area contributed by atoms with Gasteiger partial charge in [-0.25, -0.2) is 8.42 Å². The number of carbonyl (C=O) groups excluding carboxylic acids is 1. The monoisotopic (exact) mass is 374 g/mol. The summed E-state index contributed by atoms with van der Waals surface area (Å²) in [5.74, 6) is -0.332. The van der Waals surface area contributed by atoms with E-state index < -0.39 is 10.0 Å². The van der Waals surface area contributed by atoms with Crippen molar-refractivity contribution in [2.24, 2.45) is 0 Å². The Balaban J connectivity index is 2.18. The molecule has 0 aliphatic rings. The number of hydrogen-bond acceptors (Lipinski definition) is 3. The molecule has 0 saturated heterocycles. The summed E-state index contributed by atoms with van der Waals surface area (Å²) in [6.07, 6.45) is 2.72. The lowest BCUT2D eigenvalue weighted by Crippen LogP contribution is -2.37. The Bertz CT molecular complexity index is 826. The molecule has 0 bridgehead atoms. The fourth-order valence-corrected chi connectivity index (χ4v) is 3.56. The van der Waals surface area contributed by atoms with Gasteiger partial charge in [0.25, 0.3) is 0 Å². The molecule has 5 nitrogen and oxygen atoms in total. The highest BCUT2D eigenvalue weighted by atomic mass is 32.2. The number of carbonyl (C=O) groups is 1. The third kappa shape index (κ3) is 5.41. The van der Waals surface area contributed by atoms with Gasteiger partial charge in [-0.05, 0) is 29.5 Å². The van der Waals surface area contributed by atoms with E-state index >= 15 is 0 Å². The molecule has 2 rings (SSSR count). The minimum absolute atomic E-state index is 0.170. The molecule has 0 fully saturated rings. The molecule has 0 heterocycles. The predicted molar refractivity (Wildman–Crippen MR) is 106 cm³/mol. The Morgan fingerprint density at radius 1 is 0.962 bits per heavy atom. The molecule has 0 atom stereocenters. The van der Waals surface area contributed by atoms with E-state index in [9.17, 15) is 13.2 Å². The topological polar surface area (TPSA) is 66.5 Å². The fourth-order valence-electron chi connectivity index (χ4n) is 2.82. The van der Waals surface area contributed by atoms with Crippen LogP contribution < -0.4 is 5.32 Å². The quantitative estimate of drug-likeness (QED) is 0.771. The molecule has 26 heavy (non-hydrogen) atoms. The van der Waals surface area contributed by atoms with Crippen molar-refractivity contribution in [2.45, 2.75) is 33.2 Å². The second kappa shape index (κ2) is 8.96. The van der Waals surface area contributed by atoms with E-state index in [1.165, 1.54) is 4.31 Å². The Morgan fingerprint density at radius 2 is 1.54 bits per heavy atom. The van der Waals surface area contributed by atoms with Gasteiger partial charge in [-0.15, -0.1) is 0 Å². The number of nitrogens with zero attached hydrogens (tertiary/aromatic N) is 1. The Hall–Kier alpha value is -2.18. The zero-order chi connectivity index (χ0) is 19.2. The highest BCUT2D eigenvalue weighted by molar-refractivity contribution is 7.88. The molecule has 0 aliphatic heterocycles. The van der Waals surface area contributed by atoms with Gasteiger partial charge in [-0.3, -0.25) is 4.79 Å². The summed E-state index contributed by atoms with van der Waals surface area (Å²) in [6.45, 7) is 4.02. The lowest BCUT2D eigenvalue weighted by atomic mass is 10.0. The maximum atomic E-state index is 12.6. The largest absolute Gasteiger partial charge is 0.324 e. The summed E-state index contributed by atoms with van der Waals surface area (Å²) < 4.78 is 25.4. The molecule has 0 saturated carbocycles. The second-order valence-corrected chi connectivity index (χ2v) is 8.21. The van der Waals surface area contributed by atoms with Crippen LogP contribution in [-0.4, -0.2) is 31.4 Å². The lowest BCUT2D eigenvalue weighted by molar-refractivity contribution is -0.116. The average Bonchev–Trinajstić information content (AvgIpc) is 2.61. The molecular formula is C20H26N2O3S. The molecule has 0 aliphatic carbocycles. The number of hydrogen-bond donors (Lipinski definition) is 1. The standard InChI is InChI=1S/C20H26N2O3S/c1-4-17-12-9-13-18(5-2)20(17)21-19(23)15-22(26(3,24)25)14-16-10-7-6-8-11-16/h6-13H,4-5,14-15H2,1-3H3,(H,21,23). The zero-order valence-electron chi connectivity index (χ0n) is 15.5. The minimum Gasteiger partial charge on any atom is -0.324 e. The van der Waals surface area contributed by atoms with Crippen LogP contribution in [0.4, 0.5) is 5.69 Å². The molecule has 6 heteroatoms. The molecule has 140 valence electrons. The van der Waals surface area contributed by atoms with Gasteiger partial charge in [0.05, 0.1) is 12.8 Å². The van der Waals surface area contributed by atoms with E-state index in [2.05, 4.69) is 5.32 Å². The first kappa shape index (κ1) is 20.1. The van der Waals surface area contributed by atoms with Crippen molar-refractivity contribution in [3.8, 4) is 0 Å². The predicted octanol–water partition coefficient (Wildman–Crippen LogP) is 3.21. The van der Waals surface area contributed by atoms with E-state index in [0.29, 0.717) is 0 Å². The summed E-state index contributed by atoms with van der Waals surface area (Å²) in [5, 5.41) is 2.92. The van der Waals surface area contributed by atoms with E-state index in [1.54, 1.807) is 0 Å². The molecule has 1 N–H and O–H groups in total. The van der Waals surface area contributed by atoms with Crippen LogP contribution in [-0.2, 0) is 34.2 Å². The first-order chi connectivity index (χ1) is 12.3. The van der Waals surface area contributed by atoms with Gasteiger partial charge in [0, 0.05) is 12.2 Å². The van der Waals surface area contributed by atoms with Crippen LogP contribution in [0.5, 0.6) is 0 Å². The number of nitrogens with one attached hydrogen (secondary N) is 1. The maximum Gasteiger partial charge on any atom is 0.239 e. The van der Waals surface area contributed by atoms with Crippen molar-refractivity contribution in [2.75, 3.05) is 18.1 Å². The van der Waals surface area contributed by atoms with Crippen LogP contribution in [0.2, 0.25) is 0 Å². The van der Waals surface area contributed by atoms with Gasteiger partial charge in [0.15, 0.2) is 0 Å². The van der Waals surface area contributed by atoms with Crippen LogP contribution in [0.15, 0.2) is 48.5 Å². The summed E-state index contributed by atoms with van der Waals surface area (Å²) in [7, 11) is -3.51. The second-order valence-electron chi connectivity index (χ2n) is 6.22. The van der Waals surface area contributed by atoms with Crippen LogP contribution in [0.3, 0.4) is 0 Å². The van der Waals surface area contributed by atoms with Crippen molar-refractivity contribution < 1.29 is 13.2 Å². The van der Waals surface area contributed by atoms with Gasteiger partial charge in [0.1, 0.15) is 0 Å². The number of anilines is 1. The molecule has 0 aromatic heterocycles. The zero-order valence-corrected chi connectivity index (χ0v) is 16.3. The average molecular weight is 375 g/mol. The maximum absolute atomic E-state index is 12.6. The SMILES string of the molecule is CCc1cccc(CC)c1NC(=O)CN(Cc1ccccc1)S(C)(=O)=O. The van der Waals surface area contributed by atoms with Gasteiger partial charge in [-0.2, -0.15) is 4.31 Å². The van der Waals surface area contributed by atoms with Crippen molar-refractivity contribution in [1.82, 2.24) is 4.31 Å². The number of sulfonamides is 1. The van der Waals surface area contributed by atoms with Crippen LogP contribution in [0.1, 0.15) is 30.5 Å². The third-order valence-corrected chi connectivity index (χ3v) is 5.45. The van der Waals surface area contributed by atoms with Gasteiger partial charge < -0.3 is 5.32 Å². The molecule has 0 unspecified atom stereocenters. The van der Waals surface area contributed by atoms with E-state index in [4.69, 9.17) is 0 Å². The summed E-state index contributed by atoms with van der Waals surface area (Å²) in [5.41, 5.74) is 3.74. The van der Waals surface area contributed by atoms with Gasteiger partial charge in [-0.1, -0.05) is 62.4 Å². The summed E-state index contributed by atoms with van der Waals surface area (Å²) >= 11 is 0. The minimum atomic E-state index is -3.51. The Kier molecular flexibility index (Phi) is 6.94. The van der Waals surface area contributed by atoms with Crippen LogP contribution in [0.25, 0.3) is 0 Å². The highest BCUT2D eigenvalue weighted by Crippen LogP contribution is 2.22. The lowest BCUT2D eigenvalue weighted by Gasteiger charge is -2.21. The van der Waals surface area contributed by atoms with Crippen molar-refractivity contribution >= 4 is 21.6 Å². The number of para-hydroxylation sites is 1. The van der Waals surface area contributed by atoms with Crippen LogP contribution in [0, 0.1) is 0 Å². The summed E-state index contributed by atoms with van der Waals surface area (Å²) in [6, 6.07) is 15.2. The first-order valence-corrected chi connectivity index (χ1v) is 10.6. The molecule has 2 aromatic rings. The molecule has 2 aromatic carbocycles. The summed E-state index contributed by atoms with van der Waals surface area (Å²) in [4.78, 5) is 12.6. The van der Waals surface area contributed by atoms with Crippen LogP contribution >= 0.6 is 0 Å². The Morgan fingerprint density at radius 3 is 2.04 bits per heavy atom. The third-order valence-electron chi connectivity index (χ3n) is 4.25. The Labute approximate surface area is 156 Å². The van der Waals surface area contributed by atoms with Crippen molar-refractivity contribution in [3.63, 3.8) is 0 Å². The molecule has 1 amide bonds. The van der Waals surface area contributed by atoms with Gasteiger partial charge in [0.2, 0.25) is 15.9 Å². The number of aryl methyl sites for hydroxylation is 2. The molecular weight excluding hydrogens is 348 g/mol. The highest BCUT2D eigenvalue weighted by Gasteiger charge is 2.21. The smallest absolute Gasteiger partial charge is 0.239 e. The number of rotatable bonds is 8. The van der Waals surface area contributed by atoms with E-state index in [0.717, 1.165) is 41.5 Å².